The zero-order valence-electron chi connectivity index (χ0n) is 11.7. The number of carbonyl (C=O) groups is 1. The van der Waals surface area contributed by atoms with Gasteiger partial charge >= 0.3 is 0 Å². The predicted octanol–water partition coefficient (Wildman–Crippen LogP) is 3.82. The van der Waals surface area contributed by atoms with Gasteiger partial charge in [0.1, 0.15) is 0 Å². The molecule has 0 radical (unpaired) electrons. The van der Waals surface area contributed by atoms with Crippen molar-refractivity contribution in [1.29, 1.82) is 0 Å². The van der Waals surface area contributed by atoms with Crippen LogP contribution in [0.2, 0.25) is 0 Å². The van der Waals surface area contributed by atoms with Crippen molar-refractivity contribution < 1.29 is 9.53 Å². The molecule has 2 aromatic rings. The number of para-hydroxylation sites is 1. The van der Waals surface area contributed by atoms with E-state index in [4.69, 9.17) is 10.5 Å². The molecule has 0 aliphatic carbocycles. The third-order valence-corrected chi connectivity index (χ3v) is 3.48. The monoisotopic (exact) mass is 348 g/mol. The molecule has 0 atom stereocenters. The SMILES string of the molecule is CCOCc1ccccc1NC(=O)c1ccc(Br)cc1N. The lowest BCUT2D eigenvalue weighted by Crippen LogP contribution is -2.15. The Balaban J connectivity index is 2.19. The number of benzene rings is 2. The van der Waals surface area contributed by atoms with Crippen molar-refractivity contribution in [2.45, 2.75) is 13.5 Å². The summed E-state index contributed by atoms with van der Waals surface area (Å²) in [5.74, 6) is -0.232. The zero-order chi connectivity index (χ0) is 15.2. The zero-order valence-corrected chi connectivity index (χ0v) is 13.3. The fourth-order valence-corrected chi connectivity index (χ4v) is 2.29. The average Bonchev–Trinajstić information content (AvgIpc) is 2.46. The van der Waals surface area contributed by atoms with Gasteiger partial charge in [-0.05, 0) is 31.2 Å². The molecule has 0 heterocycles. The number of ether oxygens (including phenoxy) is 1. The molecule has 1 amide bonds. The summed E-state index contributed by atoms with van der Waals surface area (Å²) in [6.07, 6.45) is 0. The fourth-order valence-electron chi connectivity index (χ4n) is 1.91. The van der Waals surface area contributed by atoms with Gasteiger partial charge in [-0.2, -0.15) is 0 Å². The number of carbonyl (C=O) groups excluding carboxylic acids is 1. The number of amides is 1. The second-order valence-electron chi connectivity index (χ2n) is 4.48. The van der Waals surface area contributed by atoms with Gasteiger partial charge in [0, 0.05) is 28.0 Å². The minimum atomic E-state index is -0.232. The van der Waals surface area contributed by atoms with E-state index in [-0.39, 0.29) is 5.91 Å². The van der Waals surface area contributed by atoms with Gasteiger partial charge in [-0.25, -0.2) is 0 Å². The van der Waals surface area contributed by atoms with Crippen LogP contribution in [-0.4, -0.2) is 12.5 Å². The molecule has 0 saturated heterocycles. The number of halogens is 1. The summed E-state index contributed by atoms with van der Waals surface area (Å²) in [5.41, 5.74) is 8.43. The molecule has 0 aliphatic rings. The Morgan fingerprint density at radius 3 is 2.76 bits per heavy atom. The first kappa shape index (κ1) is 15.5. The molecule has 4 nitrogen and oxygen atoms in total. The first-order valence-corrected chi connectivity index (χ1v) is 7.43. The van der Waals surface area contributed by atoms with Gasteiger partial charge in [0.25, 0.3) is 5.91 Å². The summed E-state index contributed by atoms with van der Waals surface area (Å²) in [4.78, 5) is 12.3. The summed E-state index contributed by atoms with van der Waals surface area (Å²) in [6.45, 7) is 3.02. The molecular weight excluding hydrogens is 332 g/mol. The van der Waals surface area contributed by atoms with Crippen LogP contribution in [0.4, 0.5) is 11.4 Å². The maximum atomic E-state index is 12.3. The number of hydrogen-bond donors (Lipinski definition) is 2. The molecule has 0 saturated carbocycles. The van der Waals surface area contributed by atoms with Crippen LogP contribution in [-0.2, 0) is 11.3 Å². The first-order chi connectivity index (χ1) is 10.1. The van der Waals surface area contributed by atoms with E-state index in [1.807, 2.05) is 31.2 Å². The molecule has 2 rings (SSSR count). The maximum absolute atomic E-state index is 12.3. The minimum Gasteiger partial charge on any atom is -0.398 e. The Morgan fingerprint density at radius 1 is 1.29 bits per heavy atom. The van der Waals surface area contributed by atoms with Crippen molar-refractivity contribution >= 4 is 33.2 Å². The highest BCUT2D eigenvalue weighted by molar-refractivity contribution is 9.10. The second-order valence-corrected chi connectivity index (χ2v) is 5.40. The second kappa shape index (κ2) is 7.24. The van der Waals surface area contributed by atoms with Crippen molar-refractivity contribution in [3.05, 3.63) is 58.1 Å². The minimum absolute atomic E-state index is 0.232. The Hall–Kier alpha value is -1.85. The number of nitrogens with two attached hydrogens (primary N) is 1. The lowest BCUT2D eigenvalue weighted by atomic mass is 10.1. The van der Waals surface area contributed by atoms with Crippen LogP contribution in [0.3, 0.4) is 0 Å². The van der Waals surface area contributed by atoms with E-state index in [0.717, 1.165) is 15.7 Å². The molecule has 0 spiro atoms. The first-order valence-electron chi connectivity index (χ1n) is 6.64. The molecule has 0 aromatic heterocycles. The normalized spacial score (nSPS) is 10.4. The summed E-state index contributed by atoms with van der Waals surface area (Å²) in [6, 6.07) is 12.8. The molecule has 0 unspecified atom stereocenters. The van der Waals surface area contributed by atoms with Gasteiger partial charge in [-0.3, -0.25) is 4.79 Å². The topological polar surface area (TPSA) is 64.3 Å². The molecule has 2 aromatic carbocycles. The van der Waals surface area contributed by atoms with Gasteiger partial charge < -0.3 is 15.8 Å². The van der Waals surface area contributed by atoms with Crippen molar-refractivity contribution in [2.24, 2.45) is 0 Å². The van der Waals surface area contributed by atoms with Crippen molar-refractivity contribution in [3.63, 3.8) is 0 Å². The van der Waals surface area contributed by atoms with E-state index in [2.05, 4.69) is 21.2 Å². The standard InChI is InChI=1S/C16H17BrN2O2/c1-2-21-10-11-5-3-4-6-15(11)19-16(20)13-8-7-12(17)9-14(13)18/h3-9H,2,10,18H2,1H3,(H,19,20). The van der Waals surface area contributed by atoms with E-state index in [1.165, 1.54) is 0 Å². The third-order valence-electron chi connectivity index (χ3n) is 2.99. The van der Waals surface area contributed by atoms with Gasteiger partial charge in [0.15, 0.2) is 0 Å². The number of nitrogen functional groups attached to an aromatic ring is 1. The van der Waals surface area contributed by atoms with Crippen LogP contribution in [0, 0.1) is 0 Å². The highest BCUT2D eigenvalue weighted by atomic mass is 79.9. The largest absolute Gasteiger partial charge is 0.398 e. The van der Waals surface area contributed by atoms with E-state index < -0.39 is 0 Å². The van der Waals surface area contributed by atoms with Gasteiger partial charge in [-0.15, -0.1) is 0 Å². The molecule has 0 aliphatic heterocycles. The van der Waals surface area contributed by atoms with Gasteiger partial charge in [0.2, 0.25) is 0 Å². The van der Waals surface area contributed by atoms with Crippen LogP contribution in [0.5, 0.6) is 0 Å². The predicted molar refractivity (Wildman–Crippen MR) is 88.3 cm³/mol. The smallest absolute Gasteiger partial charge is 0.257 e. The maximum Gasteiger partial charge on any atom is 0.257 e. The van der Waals surface area contributed by atoms with Crippen molar-refractivity contribution in [1.82, 2.24) is 0 Å². The summed E-state index contributed by atoms with van der Waals surface area (Å²) >= 11 is 3.32. The number of hydrogen-bond acceptors (Lipinski definition) is 3. The van der Waals surface area contributed by atoms with Crippen LogP contribution >= 0.6 is 15.9 Å². The van der Waals surface area contributed by atoms with E-state index in [1.54, 1.807) is 18.2 Å². The Kier molecular flexibility index (Phi) is 5.36. The van der Waals surface area contributed by atoms with Crippen LogP contribution in [0.25, 0.3) is 0 Å². The molecule has 0 fully saturated rings. The Morgan fingerprint density at radius 2 is 2.05 bits per heavy atom. The lowest BCUT2D eigenvalue weighted by Gasteiger charge is -2.12. The highest BCUT2D eigenvalue weighted by Gasteiger charge is 2.12. The number of anilines is 2. The highest BCUT2D eigenvalue weighted by Crippen LogP contribution is 2.21. The van der Waals surface area contributed by atoms with Gasteiger partial charge in [0.05, 0.1) is 12.2 Å². The number of nitrogens with one attached hydrogen (secondary N) is 1. The van der Waals surface area contributed by atoms with E-state index >= 15 is 0 Å². The quantitative estimate of drug-likeness (QED) is 0.807. The van der Waals surface area contributed by atoms with Crippen molar-refractivity contribution in [3.8, 4) is 0 Å². The van der Waals surface area contributed by atoms with Crippen LogP contribution < -0.4 is 11.1 Å². The lowest BCUT2D eigenvalue weighted by molar-refractivity contribution is 0.102. The van der Waals surface area contributed by atoms with E-state index in [9.17, 15) is 4.79 Å². The fraction of sp³-hybridized carbons (Fsp3) is 0.188. The molecule has 21 heavy (non-hydrogen) atoms. The average molecular weight is 349 g/mol. The Labute approximate surface area is 132 Å². The third kappa shape index (κ3) is 4.06. The summed E-state index contributed by atoms with van der Waals surface area (Å²) in [7, 11) is 0. The van der Waals surface area contributed by atoms with E-state index in [0.29, 0.717) is 24.5 Å². The van der Waals surface area contributed by atoms with Gasteiger partial charge in [-0.1, -0.05) is 34.1 Å². The molecule has 3 N–H and O–H groups in total. The van der Waals surface area contributed by atoms with Crippen molar-refractivity contribution in [2.75, 3.05) is 17.7 Å². The molecule has 110 valence electrons. The molecule has 0 bridgehead atoms. The molecular formula is C16H17BrN2O2. The number of rotatable bonds is 5. The van der Waals surface area contributed by atoms with Crippen LogP contribution in [0.1, 0.15) is 22.8 Å². The Bertz CT molecular complexity index is 644. The summed E-state index contributed by atoms with van der Waals surface area (Å²) < 4.78 is 6.25. The molecule has 5 heteroatoms. The summed E-state index contributed by atoms with van der Waals surface area (Å²) in [5, 5.41) is 2.88. The van der Waals surface area contributed by atoms with Crippen LogP contribution in [0.15, 0.2) is 46.9 Å².